The lowest BCUT2D eigenvalue weighted by atomic mass is 9.75. The van der Waals surface area contributed by atoms with E-state index in [0.717, 1.165) is 0 Å². The summed E-state index contributed by atoms with van der Waals surface area (Å²) in [6.45, 7) is 3.55. The SMILES string of the molecule is CC(C)[C@@H]1N(C(=O)C(F)F)C(=O)OC1(c1ccccc1)c1ccccc1. The zero-order valence-electron chi connectivity index (χ0n) is 14.4. The summed E-state index contributed by atoms with van der Waals surface area (Å²) in [6, 6.07) is 16.9. The molecule has 0 unspecified atom stereocenters. The van der Waals surface area contributed by atoms with Crippen LogP contribution in [-0.4, -0.2) is 29.4 Å². The number of hydrogen-bond acceptors (Lipinski definition) is 3. The Hall–Kier alpha value is -2.76. The van der Waals surface area contributed by atoms with Crippen LogP contribution in [0, 0.1) is 5.92 Å². The molecular weight excluding hydrogens is 340 g/mol. The van der Waals surface area contributed by atoms with Crippen molar-refractivity contribution in [3.63, 3.8) is 0 Å². The first kappa shape index (κ1) is 18.0. The van der Waals surface area contributed by atoms with Crippen LogP contribution in [0.2, 0.25) is 0 Å². The number of alkyl halides is 2. The Bertz CT molecular complexity index is 754. The molecule has 2 amide bonds. The minimum absolute atomic E-state index is 0.315. The highest BCUT2D eigenvalue weighted by Crippen LogP contribution is 2.47. The van der Waals surface area contributed by atoms with Crippen LogP contribution in [0.3, 0.4) is 0 Å². The molecule has 0 spiro atoms. The smallest absolute Gasteiger partial charge is 0.418 e. The molecule has 1 atom stereocenters. The first-order chi connectivity index (χ1) is 12.4. The van der Waals surface area contributed by atoms with Crippen molar-refractivity contribution in [3.8, 4) is 0 Å². The van der Waals surface area contributed by atoms with E-state index >= 15 is 0 Å². The van der Waals surface area contributed by atoms with Crippen LogP contribution in [0.5, 0.6) is 0 Å². The van der Waals surface area contributed by atoms with Crippen molar-refractivity contribution in [1.82, 2.24) is 4.90 Å². The van der Waals surface area contributed by atoms with E-state index in [4.69, 9.17) is 4.74 Å². The van der Waals surface area contributed by atoms with Crippen molar-refractivity contribution < 1.29 is 23.1 Å². The summed E-state index contributed by atoms with van der Waals surface area (Å²) in [5, 5.41) is 0. The van der Waals surface area contributed by atoms with Gasteiger partial charge in [0.05, 0.1) is 6.04 Å². The number of benzene rings is 2. The summed E-state index contributed by atoms with van der Waals surface area (Å²) >= 11 is 0. The Morgan fingerprint density at radius 3 is 1.85 bits per heavy atom. The Morgan fingerprint density at radius 1 is 1.00 bits per heavy atom. The molecule has 0 radical (unpaired) electrons. The third-order valence-corrected chi connectivity index (χ3v) is 4.60. The number of carbonyl (C=O) groups excluding carboxylic acids is 2. The molecule has 0 N–H and O–H groups in total. The molecule has 2 aromatic rings. The van der Waals surface area contributed by atoms with Gasteiger partial charge in [0, 0.05) is 11.1 Å². The number of imide groups is 1. The van der Waals surface area contributed by atoms with Gasteiger partial charge in [0.25, 0.3) is 5.91 Å². The van der Waals surface area contributed by atoms with Gasteiger partial charge in [0.1, 0.15) is 0 Å². The fourth-order valence-corrected chi connectivity index (χ4v) is 3.64. The molecule has 1 fully saturated rings. The molecule has 0 bridgehead atoms. The molecule has 3 rings (SSSR count). The number of amides is 2. The van der Waals surface area contributed by atoms with Crippen molar-refractivity contribution in [2.45, 2.75) is 31.9 Å². The van der Waals surface area contributed by atoms with E-state index in [1.54, 1.807) is 62.4 Å². The molecule has 26 heavy (non-hydrogen) atoms. The van der Waals surface area contributed by atoms with Gasteiger partial charge in [0.15, 0.2) is 5.60 Å². The first-order valence-corrected chi connectivity index (χ1v) is 8.35. The van der Waals surface area contributed by atoms with Gasteiger partial charge < -0.3 is 4.74 Å². The number of ether oxygens (including phenoxy) is 1. The van der Waals surface area contributed by atoms with Crippen LogP contribution in [0.4, 0.5) is 13.6 Å². The number of nitrogens with zero attached hydrogens (tertiary/aromatic N) is 1. The first-order valence-electron chi connectivity index (χ1n) is 8.35. The number of halogens is 2. The molecule has 136 valence electrons. The molecule has 0 aromatic heterocycles. The average molecular weight is 359 g/mol. The van der Waals surface area contributed by atoms with Gasteiger partial charge in [-0.3, -0.25) is 4.79 Å². The van der Waals surface area contributed by atoms with Crippen molar-refractivity contribution in [2.24, 2.45) is 5.92 Å². The number of carbonyl (C=O) groups is 2. The molecule has 0 saturated carbocycles. The van der Waals surface area contributed by atoms with Crippen molar-refractivity contribution in [3.05, 3.63) is 71.8 Å². The van der Waals surface area contributed by atoms with E-state index in [0.29, 0.717) is 16.0 Å². The van der Waals surface area contributed by atoms with Crippen molar-refractivity contribution in [1.29, 1.82) is 0 Å². The van der Waals surface area contributed by atoms with Crippen LogP contribution in [0.1, 0.15) is 25.0 Å². The number of rotatable bonds is 4. The Kier molecular flexibility index (Phi) is 4.76. The van der Waals surface area contributed by atoms with Crippen LogP contribution in [0.25, 0.3) is 0 Å². The number of cyclic esters (lactones) is 1. The highest BCUT2D eigenvalue weighted by atomic mass is 19.3. The highest BCUT2D eigenvalue weighted by molar-refractivity contribution is 5.96. The predicted molar refractivity (Wildman–Crippen MR) is 91.6 cm³/mol. The van der Waals surface area contributed by atoms with Gasteiger partial charge in [-0.15, -0.1) is 0 Å². The standard InChI is InChI=1S/C20H19F2NO3/c1-13(2)16-20(14-9-5-3-6-10-14,15-11-7-4-8-12-15)26-19(25)23(16)18(24)17(21)22/h3-13,16-17H,1-2H3/t16-/m0/s1. The summed E-state index contributed by atoms with van der Waals surface area (Å²) in [7, 11) is 0. The largest absolute Gasteiger partial charge is 0.430 e. The van der Waals surface area contributed by atoms with E-state index in [-0.39, 0.29) is 5.92 Å². The van der Waals surface area contributed by atoms with Crippen molar-refractivity contribution >= 4 is 12.0 Å². The summed E-state index contributed by atoms with van der Waals surface area (Å²) in [4.78, 5) is 25.2. The molecule has 2 aromatic carbocycles. The Morgan fingerprint density at radius 2 is 1.46 bits per heavy atom. The van der Waals surface area contributed by atoms with E-state index in [1.807, 2.05) is 12.1 Å². The summed E-state index contributed by atoms with van der Waals surface area (Å²) in [5.41, 5.74) is -0.0937. The van der Waals surface area contributed by atoms with Gasteiger partial charge in [0.2, 0.25) is 0 Å². The maximum Gasteiger partial charge on any atom is 0.418 e. The van der Waals surface area contributed by atoms with E-state index < -0.39 is 30.1 Å². The quantitative estimate of drug-likeness (QED) is 0.822. The summed E-state index contributed by atoms with van der Waals surface area (Å²) < 4.78 is 32.0. The van der Waals surface area contributed by atoms with E-state index in [9.17, 15) is 18.4 Å². The molecule has 1 aliphatic heterocycles. The topological polar surface area (TPSA) is 46.6 Å². The van der Waals surface area contributed by atoms with E-state index in [2.05, 4.69) is 0 Å². The summed E-state index contributed by atoms with van der Waals surface area (Å²) in [5.74, 6) is -1.85. The zero-order valence-corrected chi connectivity index (χ0v) is 14.4. The minimum atomic E-state index is -3.29. The maximum absolute atomic E-state index is 13.1. The molecule has 6 heteroatoms. The predicted octanol–water partition coefficient (Wildman–Crippen LogP) is 4.20. The van der Waals surface area contributed by atoms with Gasteiger partial charge in [-0.25, -0.2) is 9.69 Å². The third kappa shape index (κ3) is 2.75. The second kappa shape index (κ2) is 6.86. The Balaban J connectivity index is 2.27. The van der Waals surface area contributed by atoms with E-state index in [1.165, 1.54) is 0 Å². The van der Waals surface area contributed by atoms with Gasteiger partial charge >= 0.3 is 12.5 Å². The lowest BCUT2D eigenvalue weighted by Crippen LogP contribution is -2.51. The lowest BCUT2D eigenvalue weighted by Gasteiger charge is -2.37. The molecule has 1 saturated heterocycles. The van der Waals surface area contributed by atoms with Gasteiger partial charge in [-0.2, -0.15) is 8.78 Å². The monoisotopic (exact) mass is 359 g/mol. The molecular formula is C20H19F2NO3. The second-order valence-electron chi connectivity index (χ2n) is 6.53. The number of hydrogen-bond donors (Lipinski definition) is 0. The third-order valence-electron chi connectivity index (χ3n) is 4.60. The Labute approximate surface area is 150 Å². The average Bonchev–Trinajstić information content (AvgIpc) is 2.96. The molecule has 4 nitrogen and oxygen atoms in total. The normalized spacial score (nSPS) is 19.1. The highest BCUT2D eigenvalue weighted by Gasteiger charge is 2.60. The van der Waals surface area contributed by atoms with Crippen molar-refractivity contribution in [2.75, 3.05) is 0 Å². The van der Waals surface area contributed by atoms with Gasteiger partial charge in [-0.1, -0.05) is 74.5 Å². The van der Waals surface area contributed by atoms with Crippen LogP contribution < -0.4 is 0 Å². The lowest BCUT2D eigenvalue weighted by molar-refractivity contribution is -0.141. The van der Waals surface area contributed by atoms with Crippen LogP contribution in [-0.2, 0) is 15.1 Å². The minimum Gasteiger partial charge on any atom is -0.430 e. The second-order valence-corrected chi connectivity index (χ2v) is 6.53. The maximum atomic E-state index is 13.1. The summed E-state index contributed by atoms with van der Waals surface area (Å²) in [6.07, 6.45) is -4.34. The van der Waals surface area contributed by atoms with Crippen LogP contribution in [0.15, 0.2) is 60.7 Å². The zero-order chi connectivity index (χ0) is 18.9. The van der Waals surface area contributed by atoms with Crippen LogP contribution >= 0.6 is 0 Å². The van der Waals surface area contributed by atoms with Gasteiger partial charge in [-0.05, 0) is 5.92 Å². The fraction of sp³-hybridized carbons (Fsp3) is 0.300. The fourth-order valence-electron chi connectivity index (χ4n) is 3.64. The molecule has 1 heterocycles. The molecule has 0 aliphatic carbocycles. The molecule has 1 aliphatic rings.